The topological polar surface area (TPSA) is 35.5 Å². The van der Waals surface area contributed by atoms with Crippen molar-refractivity contribution < 1.29 is 14.3 Å². The first-order chi connectivity index (χ1) is 7.15. The van der Waals surface area contributed by atoms with Crippen LogP contribution in [0.3, 0.4) is 0 Å². The van der Waals surface area contributed by atoms with Crippen LogP contribution in [0.15, 0.2) is 10.5 Å². The number of benzene rings is 1. The van der Waals surface area contributed by atoms with Crippen LogP contribution in [-0.2, 0) is 11.2 Å². The van der Waals surface area contributed by atoms with Crippen molar-refractivity contribution in [1.29, 1.82) is 0 Å². The molecule has 0 saturated carbocycles. The summed E-state index contributed by atoms with van der Waals surface area (Å²) in [7, 11) is 1.32. The Bertz CT molecular complexity index is 431. The molecule has 0 unspecified atom stereocenters. The molecule has 0 spiro atoms. The Balaban J connectivity index is 2.59. The molecule has 0 N–H and O–H groups in total. The third-order valence-electron chi connectivity index (χ3n) is 2.27. The second-order valence-corrected chi connectivity index (χ2v) is 4.35. The van der Waals surface area contributed by atoms with Gasteiger partial charge in [0.05, 0.1) is 24.3 Å². The largest absolute Gasteiger partial charge is 0.491 e. The first-order valence-electron chi connectivity index (χ1n) is 4.37. The summed E-state index contributed by atoms with van der Waals surface area (Å²) in [6.45, 7) is 0.596. The Morgan fingerprint density at radius 1 is 1.67 bits per heavy atom. The van der Waals surface area contributed by atoms with E-state index in [9.17, 15) is 4.79 Å². The van der Waals surface area contributed by atoms with E-state index in [2.05, 4.69) is 20.7 Å². The summed E-state index contributed by atoms with van der Waals surface area (Å²) in [4.78, 5) is 11.4. The SMILES string of the molecule is COC(=O)c1cc(Br)c2c(c1Cl)OCC2. The Labute approximate surface area is 100 Å². The van der Waals surface area contributed by atoms with Gasteiger partial charge in [-0.05, 0) is 6.07 Å². The lowest BCUT2D eigenvalue weighted by atomic mass is 10.1. The fourth-order valence-electron chi connectivity index (χ4n) is 1.54. The van der Waals surface area contributed by atoms with Crippen molar-refractivity contribution in [3.05, 3.63) is 26.7 Å². The summed E-state index contributed by atoms with van der Waals surface area (Å²) >= 11 is 9.44. The van der Waals surface area contributed by atoms with Crippen molar-refractivity contribution in [2.24, 2.45) is 0 Å². The zero-order chi connectivity index (χ0) is 11.0. The average Bonchev–Trinajstić information content (AvgIpc) is 2.71. The molecular weight excluding hydrogens is 283 g/mol. The van der Waals surface area contributed by atoms with Gasteiger partial charge in [-0.15, -0.1) is 0 Å². The summed E-state index contributed by atoms with van der Waals surface area (Å²) in [6.07, 6.45) is 0.803. The van der Waals surface area contributed by atoms with Gasteiger partial charge in [0.2, 0.25) is 0 Å². The zero-order valence-corrected chi connectivity index (χ0v) is 10.3. The second-order valence-electron chi connectivity index (χ2n) is 3.12. The predicted octanol–water partition coefficient (Wildman–Crippen LogP) is 2.82. The van der Waals surface area contributed by atoms with E-state index >= 15 is 0 Å². The summed E-state index contributed by atoms with van der Waals surface area (Å²) in [5, 5.41) is 0.331. The highest BCUT2D eigenvalue weighted by atomic mass is 79.9. The number of hydrogen-bond donors (Lipinski definition) is 0. The molecule has 0 fully saturated rings. The number of carbonyl (C=O) groups is 1. The molecule has 2 rings (SSSR count). The lowest BCUT2D eigenvalue weighted by Crippen LogP contribution is -2.03. The van der Waals surface area contributed by atoms with E-state index in [0.29, 0.717) is 22.9 Å². The number of esters is 1. The minimum Gasteiger partial charge on any atom is -0.491 e. The van der Waals surface area contributed by atoms with E-state index in [4.69, 9.17) is 16.3 Å². The first kappa shape index (κ1) is 10.8. The van der Waals surface area contributed by atoms with Crippen LogP contribution in [0, 0.1) is 0 Å². The summed E-state index contributed by atoms with van der Waals surface area (Å²) < 4.78 is 10.8. The highest BCUT2D eigenvalue weighted by molar-refractivity contribution is 9.10. The predicted molar refractivity (Wildman–Crippen MR) is 59.7 cm³/mol. The molecule has 1 aliphatic rings. The van der Waals surface area contributed by atoms with Gasteiger partial charge < -0.3 is 9.47 Å². The normalized spacial score (nSPS) is 13.3. The van der Waals surface area contributed by atoms with Crippen LogP contribution in [0.2, 0.25) is 5.02 Å². The van der Waals surface area contributed by atoms with Crippen LogP contribution in [0.5, 0.6) is 5.75 Å². The third kappa shape index (κ3) is 1.72. The molecule has 1 aliphatic heterocycles. The standard InChI is InChI=1S/C10H8BrClO3/c1-14-10(13)6-4-7(11)5-2-3-15-9(5)8(6)12/h4H,2-3H2,1H3. The Hall–Kier alpha value is -0.740. The highest BCUT2D eigenvalue weighted by Gasteiger charge is 2.24. The number of carbonyl (C=O) groups excluding carboxylic acids is 1. The van der Waals surface area contributed by atoms with Crippen LogP contribution in [0.25, 0.3) is 0 Å². The smallest absolute Gasteiger partial charge is 0.339 e. The van der Waals surface area contributed by atoms with E-state index in [1.54, 1.807) is 6.07 Å². The molecule has 0 aliphatic carbocycles. The van der Waals surface area contributed by atoms with Crippen molar-refractivity contribution in [2.45, 2.75) is 6.42 Å². The Morgan fingerprint density at radius 2 is 2.40 bits per heavy atom. The van der Waals surface area contributed by atoms with E-state index in [-0.39, 0.29) is 0 Å². The van der Waals surface area contributed by atoms with E-state index in [0.717, 1.165) is 16.5 Å². The molecule has 80 valence electrons. The van der Waals surface area contributed by atoms with Crippen molar-refractivity contribution in [3.8, 4) is 5.75 Å². The molecule has 3 nitrogen and oxygen atoms in total. The molecule has 1 heterocycles. The van der Waals surface area contributed by atoms with Crippen molar-refractivity contribution in [3.63, 3.8) is 0 Å². The number of methoxy groups -OCH3 is 1. The Kier molecular flexibility index (Phi) is 2.89. The maximum Gasteiger partial charge on any atom is 0.339 e. The van der Waals surface area contributed by atoms with E-state index in [1.165, 1.54) is 7.11 Å². The van der Waals surface area contributed by atoms with Crippen LogP contribution >= 0.6 is 27.5 Å². The van der Waals surface area contributed by atoms with Gasteiger partial charge in [0.25, 0.3) is 0 Å². The molecule has 1 aromatic carbocycles. The maximum atomic E-state index is 11.4. The molecule has 1 aromatic rings. The number of rotatable bonds is 1. The van der Waals surface area contributed by atoms with Crippen LogP contribution in [0.4, 0.5) is 0 Å². The quantitative estimate of drug-likeness (QED) is 0.746. The first-order valence-corrected chi connectivity index (χ1v) is 5.54. The second kappa shape index (κ2) is 4.02. The van der Waals surface area contributed by atoms with Gasteiger partial charge >= 0.3 is 5.97 Å². The van der Waals surface area contributed by atoms with E-state index < -0.39 is 5.97 Å². The van der Waals surface area contributed by atoms with E-state index in [1.807, 2.05) is 0 Å². The molecule has 0 bridgehead atoms. The Morgan fingerprint density at radius 3 is 3.07 bits per heavy atom. The van der Waals surface area contributed by atoms with Crippen molar-refractivity contribution in [2.75, 3.05) is 13.7 Å². The highest BCUT2D eigenvalue weighted by Crippen LogP contribution is 2.40. The molecule has 0 atom stereocenters. The molecule has 5 heteroatoms. The molecule has 0 amide bonds. The summed E-state index contributed by atoms with van der Waals surface area (Å²) in [5.41, 5.74) is 1.33. The van der Waals surface area contributed by atoms with Gasteiger partial charge in [0.1, 0.15) is 5.75 Å². The monoisotopic (exact) mass is 290 g/mol. The molecule has 0 aromatic heterocycles. The number of fused-ring (bicyclic) bond motifs is 1. The summed E-state index contributed by atoms with van der Waals surface area (Å²) in [5.74, 6) is 0.130. The van der Waals surface area contributed by atoms with Gasteiger partial charge in [-0.1, -0.05) is 27.5 Å². The molecule has 15 heavy (non-hydrogen) atoms. The molecule has 0 radical (unpaired) electrons. The number of ether oxygens (including phenoxy) is 2. The van der Waals surface area contributed by atoms with Crippen LogP contribution in [0.1, 0.15) is 15.9 Å². The van der Waals surface area contributed by atoms with Crippen LogP contribution < -0.4 is 4.74 Å². The number of hydrogen-bond acceptors (Lipinski definition) is 3. The molecular formula is C10H8BrClO3. The minimum atomic E-state index is -0.459. The lowest BCUT2D eigenvalue weighted by Gasteiger charge is -2.08. The minimum absolute atomic E-state index is 0.326. The summed E-state index contributed by atoms with van der Waals surface area (Å²) in [6, 6.07) is 1.67. The lowest BCUT2D eigenvalue weighted by molar-refractivity contribution is 0.0600. The van der Waals surface area contributed by atoms with Crippen LogP contribution in [-0.4, -0.2) is 19.7 Å². The fraction of sp³-hybridized carbons (Fsp3) is 0.300. The van der Waals surface area contributed by atoms with Gasteiger partial charge in [-0.25, -0.2) is 4.79 Å². The van der Waals surface area contributed by atoms with Gasteiger partial charge in [0, 0.05) is 16.5 Å². The fourth-order valence-corrected chi connectivity index (χ4v) is 2.45. The number of halogens is 2. The third-order valence-corrected chi connectivity index (χ3v) is 3.36. The van der Waals surface area contributed by atoms with Gasteiger partial charge in [-0.3, -0.25) is 0 Å². The van der Waals surface area contributed by atoms with Crippen molar-refractivity contribution in [1.82, 2.24) is 0 Å². The average molecular weight is 292 g/mol. The van der Waals surface area contributed by atoms with Crippen molar-refractivity contribution >= 4 is 33.5 Å². The zero-order valence-electron chi connectivity index (χ0n) is 7.97. The van der Waals surface area contributed by atoms with Gasteiger partial charge in [0.15, 0.2) is 0 Å². The maximum absolute atomic E-state index is 11.4. The molecule has 0 saturated heterocycles. The van der Waals surface area contributed by atoms with Gasteiger partial charge in [-0.2, -0.15) is 0 Å².